The molecule has 1 saturated heterocycles. The highest BCUT2D eigenvalue weighted by atomic mass is 35.5. The van der Waals surface area contributed by atoms with Crippen molar-refractivity contribution < 1.29 is 13.2 Å². The molecule has 1 fully saturated rings. The number of hydrogen-bond acceptors (Lipinski definition) is 4. The summed E-state index contributed by atoms with van der Waals surface area (Å²) in [4.78, 5) is 14.3. The van der Waals surface area contributed by atoms with Crippen molar-refractivity contribution >= 4 is 27.5 Å². The summed E-state index contributed by atoms with van der Waals surface area (Å²) in [6, 6.07) is 16.3. The third-order valence-electron chi connectivity index (χ3n) is 4.71. The number of sulfonamides is 1. The number of halogens is 1. The van der Waals surface area contributed by atoms with Gasteiger partial charge in [-0.05, 0) is 30.2 Å². The standard InChI is InChI=1S/C20H24ClN3O3S/c21-18-7-4-8-19(15-18)28(26,27)24-13-11-23(12-14-24)16-20(25)22-10-9-17-5-2-1-3-6-17/h1-8,15H,9-14,16H2,(H,22,25). The highest BCUT2D eigenvalue weighted by molar-refractivity contribution is 7.89. The van der Waals surface area contributed by atoms with E-state index in [0.29, 0.717) is 37.7 Å². The van der Waals surface area contributed by atoms with E-state index in [1.807, 2.05) is 35.2 Å². The molecule has 28 heavy (non-hydrogen) atoms. The fourth-order valence-electron chi connectivity index (χ4n) is 3.15. The Kier molecular flexibility index (Phi) is 7.07. The van der Waals surface area contributed by atoms with Crippen LogP contribution in [0.3, 0.4) is 0 Å². The molecule has 8 heteroatoms. The molecule has 2 aromatic rings. The van der Waals surface area contributed by atoms with Gasteiger partial charge in [0.25, 0.3) is 0 Å². The molecule has 2 aromatic carbocycles. The van der Waals surface area contributed by atoms with Crippen LogP contribution < -0.4 is 5.32 Å². The number of amides is 1. The fraction of sp³-hybridized carbons (Fsp3) is 0.350. The molecular formula is C20H24ClN3O3S. The van der Waals surface area contributed by atoms with Crippen LogP contribution in [0.5, 0.6) is 0 Å². The van der Waals surface area contributed by atoms with Crippen LogP contribution in [-0.4, -0.2) is 62.8 Å². The van der Waals surface area contributed by atoms with Crippen molar-refractivity contribution in [2.75, 3.05) is 39.3 Å². The summed E-state index contributed by atoms with van der Waals surface area (Å²) in [5.74, 6) is -0.0397. The van der Waals surface area contributed by atoms with Gasteiger partial charge in [0, 0.05) is 37.7 Å². The van der Waals surface area contributed by atoms with E-state index in [-0.39, 0.29) is 17.3 Å². The maximum Gasteiger partial charge on any atom is 0.243 e. The van der Waals surface area contributed by atoms with Gasteiger partial charge in [0.15, 0.2) is 0 Å². The van der Waals surface area contributed by atoms with Crippen molar-refractivity contribution in [2.45, 2.75) is 11.3 Å². The van der Waals surface area contributed by atoms with Gasteiger partial charge >= 0.3 is 0 Å². The maximum atomic E-state index is 12.7. The zero-order valence-electron chi connectivity index (χ0n) is 15.6. The number of rotatable bonds is 7. The summed E-state index contributed by atoms with van der Waals surface area (Å²) in [5.41, 5.74) is 1.18. The van der Waals surface area contributed by atoms with Gasteiger partial charge in [-0.1, -0.05) is 48.0 Å². The van der Waals surface area contributed by atoms with Crippen molar-refractivity contribution in [2.24, 2.45) is 0 Å². The van der Waals surface area contributed by atoms with Crippen LogP contribution in [0, 0.1) is 0 Å². The largest absolute Gasteiger partial charge is 0.355 e. The van der Waals surface area contributed by atoms with E-state index < -0.39 is 10.0 Å². The van der Waals surface area contributed by atoms with E-state index in [2.05, 4.69) is 5.32 Å². The van der Waals surface area contributed by atoms with E-state index >= 15 is 0 Å². The molecule has 0 spiro atoms. The highest BCUT2D eigenvalue weighted by Gasteiger charge is 2.29. The summed E-state index contributed by atoms with van der Waals surface area (Å²) in [6.45, 7) is 2.61. The van der Waals surface area contributed by atoms with Crippen molar-refractivity contribution in [1.29, 1.82) is 0 Å². The maximum absolute atomic E-state index is 12.7. The Labute approximate surface area is 171 Å². The quantitative estimate of drug-likeness (QED) is 0.742. The SMILES string of the molecule is O=C(CN1CCN(S(=O)(=O)c2cccc(Cl)c2)CC1)NCCc1ccccc1. The fourth-order valence-corrected chi connectivity index (χ4v) is 4.88. The molecule has 3 rings (SSSR count). The van der Waals surface area contributed by atoms with Crippen molar-refractivity contribution in [3.63, 3.8) is 0 Å². The second-order valence-corrected chi connectivity index (χ2v) is 9.10. The molecule has 0 radical (unpaired) electrons. The molecule has 1 N–H and O–H groups in total. The van der Waals surface area contributed by atoms with E-state index in [1.54, 1.807) is 18.2 Å². The Morgan fingerprint density at radius 3 is 2.39 bits per heavy atom. The summed E-state index contributed by atoms with van der Waals surface area (Å²) in [6.07, 6.45) is 0.790. The Morgan fingerprint density at radius 2 is 1.71 bits per heavy atom. The Hall–Kier alpha value is -1.93. The summed E-state index contributed by atoms with van der Waals surface area (Å²) < 4.78 is 26.9. The van der Waals surface area contributed by atoms with Crippen molar-refractivity contribution in [3.05, 3.63) is 65.2 Å². The molecule has 150 valence electrons. The lowest BCUT2D eigenvalue weighted by Crippen LogP contribution is -2.51. The van der Waals surface area contributed by atoms with Crippen molar-refractivity contribution in [1.82, 2.24) is 14.5 Å². The van der Waals surface area contributed by atoms with E-state index in [1.165, 1.54) is 15.9 Å². The first-order valence-corrected chi connectivity index (χ1v) is 11.1. The third kappa shape index (κ3) is 5.54. The van der Waals surface area contributed by atoms with Crippen LogP contribution in [0.25, 0.3) is 0 Å². The summed E-state index contributed by atoms with van der Waals surface area (Å²) >= 11 is 5.92. The molecule has 0 atom stereocenters. The lowest BCUT2D eigenvalue weighted by atomic mass is 10.1. The smallest absolute Gasteiger partial charge is 0.243 e. The first-order valence-electron chi connectivity index (χ1n) is 9.24. The summed E-state index contributed by atoms with van der Waals surface area (Å²) in [7, 11) is -3.56. The number of hydrogen-bond donors (Lipinski definition) is 1. The topological polar surface area (TPSA) is 69.7 Å². The minimum atomic E-state index is -3.56. The van der Waals surface area contributed by atoms with Gasteiger partial charge < -0.3 is 5.32 Å². The average Bonchev–Trinajstić information content (AvgIpc) is 2.69. The monoisotopic (exact) mass is 421 g/mol. The molecule has 0 bridgehead atoms. The van der Waals surface area contributed by atoms with Crippen molar-refractivity contribution in [3.8, 4) is 0 Å². The predicted molar refractivity (Wildman–Crippen MR) is 110 cm³/mol. The van der Waals surface area contributed by atoms with E-state index in [4.69, 9.17) is 11.6 Å². The second-order valence-electron chi connectivity index (χ2n) is 6.72. The molecule has 1 amide bonds. The Morgan fingerprint density at radius 1 is 1.00 bits per heavy atom. The molecule has 0 unspecified atom stereocenters. The van der Waals surface area contributed by atoms with Gasteiger partial charge in [0.1, 0.15) is 0 Å². The van der Waals surface area contributed by atoms with Gasteiger partial charge in [-0.15, -0.1) is 0 Å². The first-order chi connectivity index (χ1) is 13.4. The predicted octanol–water partition coefficient (Wildman–Crippen LogP) is 2.01. The van der Waals surface area contributed by atoms with E-state index in [9.17, 15) is 13.2 Å². The minimum Gasteiger partial charge on any atom is -0.355 e. The van der Waals surface area contributed by atoms with Gasteiger partial charge in [-0.2, -0.15) is 4.31 Å². The van der Waals surface area contributed by atoms with Crippen LogP contribution in [0.15, 0.2) is 59.5 Å². The highest BCUT2D eigenvalue weighted by Crippen LogP contribution is 2.20. The number of carbonyl (C=O) groups excluding carboxylic acids is 1. The van der Waals surface area contributed by atoms with Crippen LogP contribution in [0.2, 0.25) is 5.02 Å². The van der Waals surface area contributed by atoms with Gasteiger partial charge in [0.2, 0.25) is 15.9 Å². The first kappa shape index (κ1) is 20.8. The molecule has 1 heterocycles. The Balaban J connectivity index is 1.44. The van der Waals surface area contributed by atoms with Gasteiger partial charge in [-0.25, -0.2) is 8.42 Å². The van der Waals surface area contributed by atoms with E-state index in [0.717, 1.165) is 6.42 Å². The van der Waals surface area contributed by atoms with Crippen LogP contribution in [-0.2, 0) is 21.2 Å². The Bertz CT molecular complexity index is 898. The van der Waals surface area contributed by atoms with Crippen LogP contribution in [0.4, 0.5) is 0 Å². The summed E-state index contributed by atoms with van der Waals surface area (Å²) in [5, 5.41) is 3.32. The zero-order valence-corrected chi connectivity index (χ0v) is 17.1. The molecule has 0 aliphatic carbocycles. The number of nitrogens with one attached hydrogen (secondary N) is 1. The normalized spacial score (nSPS) is 16.0. The van der Waals surface area contributed by atoms with Gasteiger partial charge in [-0.3, -0.25) is 9.69 Å². The molecule has 6 nitrogen and oxygen atoms in total. The number of benzene rings is 2. The second kappa shape index (κ2) is 9.52. The molecule has 0 saturated carbocycles. The lowest BCUT2D eigenvalue weighted by Gasteiger charge is -2.33. The number of carbonyl (C=O) groups is 1. The third-order valence-corrected chi connectivity index (χ3v) is 6.84. The van der Waals surface area contributed by atoms with Crippen LogP contribution >= 0.6 is 11.6 Å². The minimum absolute atomic E-state index is 0.0397. The van der Waals surface area contributed by atoms with Crippen LogP contribution in [0.1, 0.15) is 5.56 Å². The molecule has 1 aliphatic rings. The lowest BCUT2D eigenvalue weighted by molar-refractivity contribution is -0.122. The number of nitrogens with zero attached hydrogens (tertiary/aromatic N) is 2. The van der Waals surface area contributed by atoms with Gasteiger partial charge in [0.05, 0.1) is 11.4 Å². The molecule has 0 aromatic heterocycles. The molecular weight excluding hydrogens is 398 g/mol. The number of piperazine rings is 1. The molecule has 1 aliphatic heterocycles. The zero-order chi connectivity index (χ0) is 20.0. The average molecular weight is 422 g/mol.